The molecule has 1 aromatic heterocycles. The quantitative estimate of drug-likeness (QED) is 0.847. The van der Waals surface area contributed by atoms with E-state index in [1.54, 1.807) is 18.2 Å². The van der Waals surface area contributed by atoms with Gasteiger partial charge in [0.2, 0.25) is 17.1 Å². The molecule has 1 aromatic carbocycles. The minimum Gasteiger partial charge on any atom is -0.458 e. The zero-order valence-electron chi connectivity index (χ0n) is 12.0. The predicted molar refractivity (Wildman–Crippen MR) is 86.7 cm³/mol. The van der Waals surface area contributed by atoms with Gasteiger partial charge in [0, 0.05) is 6.07 Å². The van der Waals surface area contributed by atoms with Gasteiger partial charge in [0.1, 0.15) is 24.0 Å². The molecule has 0 fully saturated rings. The number of nitriles is 1. The van der Waals surface area contributed by atoms with Crippen LogP contribution in [0.2, 0.25) is 10.0 Å². The van der Waals surface area contributed by atoms with E-state index in [2.05, 4.69) is 0 Å². The van der Waals surface area contributed by atoms with Crippen LogP contribution in [0.15, 0.2) is 44.9 Å². The zero-order chi connectivity index (χ0) is 17.4. The number of nitrogens with two attached hydrogens (primary N) is 1. The maximum Gasteiger partial charge on any atom is 0.228 e. The first-order valence-electron chi connectivity index (χ1n) is 6.77. The van der Waals surface area contributed by atoms with Gasteiger partial charge < -0.3 is 20.0 Å². The molecule has 1 atom stereocenters. The van der Waals surface area contributed by atoms with Crippen molar-refractivity contribution in [2.45, 2.75) is 12.5 Å². The van der Waals surface area contributed by atoms with Crippen LogP contribution >= 0.6 is 23.2 Å². The SMILES string of the molecule is N#CC1=C(N)Oc2c(oc(CO)cc2=O)[C@@H]1c1cccc(Cl)c1Cl. The number of benzene rings is 1. The summed E-state index contributed by atoms with van der Waals surface area (Å²) in [4.78, 5) is 12.2. The van der Waals surface area contributed by atoms with E-state index in [1.165, 1.54) is 0 Å². The molecular formula is C16H10Cl2N2O4. The molecule has 24 heavy (non-hydrogen) atoms. The van der Waals surface area contributed by atoms with Gasteiger partial charge in [-0.15, -0.1) is 0 Å². The van der Waals surface area contributed by atoms with Crippen LogP contribution in [0.3, 0.4) is 0 Å². The molecule has 1 aliphatic rings. The van der Waals surface area contributed by atoms with Gasteiger partial charge in [0.05, 0.1) is 16.0 Å². The van der Waals surface area contributed by atoms with Crippen LogP contribution in [0.1, 0.15) is 23.0 Å². The average molecular weight is 365 g/mol. The van der Waals surface area contributed by atoms with Crippen molar-refractivity contribution in [3.8, 4) is 11.8 Å². The van der Waals surface area contributed by atoms with E-state index < -0.39 is 18.0 Å². The highest BCUT2D eigenvalue weighted by Crippen LogP contribution is 2.44. The highest BCUT2D eigenvalue weighted by atomic mass is 35.5. The highest BCUT2D eigenvalue weighted by Gasteiger charge is 2.36. The van der Waals surface area contributed by atoms with Crippen LogP contribution in [0.5, 0.6) is 5.75 Å². The molecule has 3 N–H and O–H groups in total. The van der Waals surface area contributed by atoms with Gasteiger partial charge in [-0.1, -0.05) is 35.3 Å². The molecule has 1 aliphatic heterocycles. The van der Waals surface area contributed by atoms with Crippen LogP contribution in [-0.2, 0) is 6.61 Å². The molecule has 0 saturated carbocycles. The third-order valence-electron chi connectivity index (χ3n) is 3.58. The number of aliphatic hydroxyl groups excluding tert-OH is 1. The Morgan fingerprint density at radius 1 is 1.38 bits per heavy atom. The molecule has 2 heterocycles. The van der Waals surface area contributed by atoms with E-state index in [4.69, 9.17) is 38.1 Å². The van der Waals surface area contributed by atoms with Gasteiger partial charge in [0.15, 0.2) is 5.76 Å². The van der Waals surface area contributed by atoms with E-state index >= 15 is 0 Å². The largest absolute Gasteiger partial charge is 0.458 e. The van der Waals surface area contributed by atoms with Crippen LogP contribution < -0.4 is 15.9 Å². The fourth-order valence-corrected chi connectivity index (χ4v) is 2.93. The summed E-state index contributed by atoms with van der Waals surface area (Å²) < 4.78 is 10.8. The third kappa shape index (κ3) is 2.53. The summed E-state index contributed by atoms with van der Waals surface area (Å²) in [5.41, 5.74) is 5.73. The summed E-state index contributed by atoms with van der Waals surface area (Å²) >= 11 is 12.3. The second-order valence-electron chi connectivity index (χ2n) is 5.00. The molecule has 3 rings (SSSR count). The van der Waals surface area contributed by atoms with Crippen molar-refractivity contribution in [3.05, 3.63) is 73.1 Å². The third-order valence-corrected chi connectivity index (χ3v) is 4.41. The lowest BCUT2D eigenvalue weighted by Gasteiger charge is -2.25. The van der Waals surface area contributed by atoms with Gasteiger partial charge in [-0.3, -0.25) is 4.79 Å². The fourth-order valence-electron chi connectivity index (χ4n) is 2.52. The lowest BCUT2D eigenvalue weighted by atomic mass is 9.87. The number of ether oxygens (including phenoxy) is 1. The van der Waals surface area contributed by atoms with Gasteiger partial charge in [-0.2, -0.15) is 5.26 Å². The molecule has 6 nitrogen and oxygen atoms in total. The van der Waals surface area contributed by atoms with Crippen molar-refractivity contribution < 1.29 is 14.3 Å². The van der Waals surface area contributed by atoms with Gasteiger partial charge in [-0.25, -0.2) is 0 Å². The number of aliphatic hydroxyl groups is 1. The number of hydrogen-bond acceptors (Lipinski definition) is 6. The first-order chi connectivity index (χ1) is 11.5. The van der Waals surface area contributed by atoms with Crippen molar-refractivity contribution in [2.75, 3.05) is 0 Å². The second kappa shape index (κ2) is 6.21. The smallest absolute Gasteiger partial charge is 0.228 e. The van der Waals surface area contributed by atoms with E-state index in [0.29, 0.717) is 5.56 Å². The van der Waals surface area contributed by atoms with Crippen molar-refractivity contribution in [1.29, 1.82) is 5.26 Å². The molecule has 0 aliphatic carbocycles. The lowest BCUT2D eigenvalue weighted by molar-refractivity contribution is 0.231. The Kier molecular flexibility index (Phi) is 4.24. The van der Waals surface area contributed by atoms with Crippen molar-refractivity contribution in [1.82, 2.24) is 0 Å². The van der Waals surface area contributed by atoms with E-state index in [0.717, 1.165) is 6.07 Å². The van der Waals surface area contributed by atoms with Crippen LogP contribution in [0, 0.1) is 11.3 Å². The van der Waals surface area contributed by atoms with Gasteiger partial charge >= 0.3 is 0 Å². The molecule has 0 unspecified atom stereocenters. The van der Waals surface area contributed by atoms with Crippen LogP contribution in [-0.4, -0.2) is 5.11 Å². The number of halogens is 2. The molecule has 2 aromatic rings. The van der Waals surface area contributed by atoms with Crippen molar-refractivity contribution in [2.24, 2.45) is 5.73 Å². The van der Waals surface area contributed by atoms with Crippen LogP contribution in [0.25, 0.3) is 0 Å². The Morgan fingerprint density at radius 3 is 2.79 bits per heavy atom. The molecule has 0 bridgehead atoms. The first-order valence-corrected chi connectivity index (χ1v) is 7.52. The number of nitrogens with zero attached hydrogens (tertiary/aromatic N) is 1. The van der Waals surface area contributed by atoms with Crippen molar-refractivity contribution >= 4 is 23.2 Å². The molecule has 0 radical (unpaired) electrons. The standard InChI is InChI=1S/C16H10Cl2N2O4/c17-10-3-1-2-8(13(10)18)12-9(5-19)16(20)24-14-11(22)4-7(6-21)23-15(12)14/h1-4,12,21H,6,20H2/t12-/m1/s1. The minimum atomic E-state index is -0.871. The summed E-state index contributed by atoms with van der Waals surface area (Å²) in [7, 11) is 0. The number of fused-ring (bicyclic) bond motifs is 1. The Bertz CT molecular complexity index is 960. The van der Waals surface area contributed by atoms with Crippen LogP contribution in [0.4, 0.5) is 0 Å². The molecule has 0 saturated heterocycles. The predicted octanol–water partition coefficient (Wildman–Crippen LogP) is 2.66. The van der Waals surface area contributed by atoms with E-state index in [-0.39, 0.29) is 38.8 Å². The Balaban J connectivity index is 2.35. The molecule has 8 heteroatoms. The first kappa shape index (κ1) is 16.4. The molecule has 0 spiro atoms. The lowest BCUT2D eigenvalue weighted by Crippen LogP contribution is -2.25. The number of hydrogen-bond donors (Lipinski definition) is 2. The normalized spacial score (nSPS) is 16.3. The minimum absolute atomic E-state index is 0.0308. The maximum atomic E-state index is 12.2. The monoisotopic (exact) mass is 364 g/mol. The molecular weight excluding hydrogens is 355 g/mol. The summed E-state index contributed by atoms with van der Waals surface area (Å²) in [6.45, 7) is -0.487. The maximum absolute atomic E-state index is 12.2. The summed E-state index contributed by atoms with van der Waals surface area (Å²) in [5.74, 6) is -1.16. The molecule has 122 valence electrons. The van der Waals surface area contributed by atoms with Gasteiger partial charge in [0.25, 0.3) is 0 Å². The van der Waals surface area contributed by atoms with E-state index in [9.17, 15) is 15.2 Å². The summed E-state index contributed by atoms with van der Waals surface area (Å²) in [5, 5.41) is 19.2. The topological polar surface area (TPSA) is 109 Å². The average Bonchev–Trinajstić information content (AvgIpc) is 2.57. The Hall–Kier alpha value is -2.46. The highest BCUT2D eigenvalue weighted by molar-refractivity contribution is 6.42. The zero-order valence-corrected chi connectivity index (χ0v) is 13.6. The number of allylic oxidation sites excluding steroid dienone is 1. The Morgan fingerprint density at radius 2 is 2.12 bits per heavy atom. The fraction of sp³-hybridized carbons (Fsp3) is 0.125. The molecule has 0 amide bonds. The number of rotatable bonds is 2. The second-order valence-corrected chi connectivity index (χ2v) is 5.78. The Labute approximate surface area is 146 Å². The van der Waals surface area contributed by atoms with Gasteiger partial charge in [-0.05, 0) is 11.6 Å². The summed E-state index contributed by atoms with van der Waals surface area (Å²) in [6.07, 6.45) is 0. The summed E-state index contributed by atoms with van der Waals surface area (Å²) in [6, 6.07) is 7.93. The van der Waals surface area contributed by atoms with Crippen molar-refractivity contribution in [3.63, 3.8) is 0 Å². The van der Waals surface area contributed by atoms with E-state index in [1.807, 2.05) is 6.07 Å².